The standard InChI is InChI=1S/C15H13N3O3/c1-2-20-14(19)13-9-21-15(18-13)17-12-5-3-4-10-6-7-16-8-11(10)12/h3-9H,2H2,1H3,(H,17,18). The Morgan fingerprint density at radius 1 is 1.38 bits per heavy atom. The quantitative estimate of drug-likeness (QED) is 0.741. The van der Waals surface area contributed by atoms with Gasteiger partial charge in [0.25, 0.3) is 6.01 Å². The minimum atomic E-state index is -0.506. The molecule has 0 radical (unpaired) electrons. The van der Waals surface area contributed by atoms with Gasteiger partial charge in [-0.05, 0) is 24.4 Å². The molecule has 1 N–H and O–H groups in total. The van der Waals surface area contributed by atoms with Gasteiger partial charge in [-0.3, -0.25) is 4.98 Å². The van der Waals surface area contributed by atoms with E-state index in [0.29, 0.717) is 6.61 Å². The van der Waals surface area contributed by atoms with Crippen molar-refractivity contribution in [2.45, 2.75) is 6.92 Å². The van der Waals surface area contributed by atoms with Gasteiger partial charge in [-0.2, -0.15) is 4.98 Å². The zero-order valence-corrected chi connectivity index (χ0v) is 11.4. The normalized spacial score (nSPS) is 10.5. The Morgan fingerprint density at radius 2 is 2.29 bits per heavy atom. The largest absolute Gasteiger partial charge is 0.461 e. The summed E-state index contributed by atoms with van der Waals surface area (Å²) in [5.41, 5.74) is 0.940. The molecule has 2 heterocycles. The number of carbonyl (C=O) groups excluding carboxylic acids is 1. The molecule has 1 aromatic carbocycles. The third kappa shape index (κ3) is 2.69. The molecule has 0 atom stereocenters. The van der Waals surface area contributed by atoms with Gasteiger partial charge in [0.1, 0.15) is 6.26 Å². The number of nitrogens with one attached hydrogen (secondary N) is 1. The van der Waals surface area contributed by atoms with Crippen LogP contribution >= 0.6 is 0 Å². The van der Waals surface area contributed by atoms with Gasteiger partial charge >= 0.3 is 5.97 Å². The lowest BCUT2D eigenvalue weighted by molar-refractivity contribution is 0.0519. The molecule has 0 spiro atoms. The number of hydrogen-bond acceptors (Lipinski definition) is 6. The van der Waals surface area contributed by atoms with E-state index in [1.165, 1.54) is 6.26 Å². The summed E-state index contributed by atoms with van der Waals surface area (Å²) in [6, 6.07) is 7.94. The first-order valence-electron chi connectivity index (χ1n) is 6.50. The van der Waals surface area contributed by atoms with E-state index >= 15 is 0 Å². The van der Waals surface area contributed by atoms with Crippen molar-refractivity contribution in [1.29, 1.82) is 0 Å². The average molecular weight is 283 g/mol. The van der Waals surface area contributed by atoms with Crippen molar-refractivity contribution in [1.82, 2.24) is 9.97 Å². The predicted octanol–water partition coefficient (Wildman–Crippen LogP) is 3.14. The van der Waals surface area contributed by atoms with Crippen LogP contribution in [0.15, 0.2) is 47.3 Å². The van der Waals surface area contributed by atoms with E-state index in [9.17, 15) is 4.79 Å². The van der Waals surface area contributed by atoms with Crippen LogP contribution < -0.4 is 5.32 Å². The van der Waals surface area contributed by atoms with Gasteiger partial charge in [-0.1, -0.05) is 12.1 Å². The van der Waals surface area contributed by atoms with Crippen molar-refractivity contribution in [3.63, 3.8) is 0 Å². The monoisotopic (exact) mass is 283 g/mol. The molecule has 0 unspecified atom stereocenters. The third-order valence-electron chi connectivity index (χ3n) is 2.91. The van der Waals surface area contributed by atoms with Crippen LogP contribution in [-0.2, 0) is 4.74 Å². The molecule has 0 aliphatic carbocycles. The summed E-state index contributed by atoms with van der Waals surface area (Å²) in [5.74, 6) is -0.506. The van der Waals surface area contributed by atoms with Gasteiger partial charge in [0.05, 0.1) is 12.3 Å². The Kier molecular flexibility index (Phi) is 3.51. The maximum atomic E-state index is 11.5. The molecule has 0 fully saturated rings. The summed E-state index contributed by atoms with van der Waals surface area (Å²) < 4.78 is 10.1. The number of pyridine rings is 1. The number of rotatable bonds is 4. The SMILES string of the molecule is CCOC(=O)c1coc(Nc2cccc3ccncc23)n1. The maximum absolute atomic E-state index is 11.5. The van der Waals surface area contributed by atoms with Crippen molar-refractivity contribution in [2.24, 2.45) is 0 Å². The number of fused-ring (bicyclic) bond motifs is 1. The molecule has 0 bridgehead atoms. The van der Waals surface area contributed by atoms with E-state index in [0.717, 1.165) is 16.5 Å². The Morgan fingerprint density at radius 3 is 3.14 bits per heavy atom. The maximum Gasteiger partial charge on any atom is 0.360 e. The first kappa shape index (κ1) is 13.1. The number of ether oxygens (including phenoxy) is 1. The average Bonchev–Trinajstić information content (AvgIpc) is 2.97. The van der Waals surface area contributed by atoms with E-state index < -0.39 is 5.97 Å². The van der Waals surface area contributed by atoms with Crippen molar-refractivity contribution >= 4 is 28.4 Å². The van der Waals surface area contributed by atoms with Gasteiger partial charge in [0.2, 0.25) is 0 Å². The van der Waals surface area contributed by atoms with E-state index in [4.69, 9.17) is 9.15 Å². The topological polar surface area (TPSA) is 77.2 Å². The summed E-state index contributed by atoms with van der Waals surface area (Å²) in [7, 11) is 0. The van der Waals surface area contributed by atoms with E-state index in [1.807, 2.05) is 24.3 Å². The molecular formula is C15H13N3O3. The minimum absolute atomic E-state index is 0.137. The van der Waals surface area contributed by atoms with Crippen LogP contribution in [0.2, 0.25) is 0 Å². The van der Waals surface area contributed by atoms with Gasteiger partial charge in [-0.25, -0.2) is 4.79 Å². The molecule has 0 saturated carbocycles. The molecule has 2 aromatic heterocycles. The highest BCUT2D eigenvalue weighted by atomic mass is 16.5. The lowest BCUT2D eigenvalue weighted by Crippen LogP contribution is -2.05. The molecule has 21 heavy (non-hydrogen) atoms. The second-order valence-corrected chi connectivity index (χ2v) is 4.29. The Balaban J connectivity index is 1.87. The highest BCUT2D eigenvalue weighted by Crippen LogP contribution is 2.25. The van der Waals surface area contributed by atoms with Crippen LogP contribution in [0.5, 0.6) is 0 Å². The van der Waals surface area contributed by atoms with Crippen LogP contribution in [0.4, 0.5) is 11.7 Å². The third-order valence-corrected chi connectivity index (χ3v) is 2.91. The van der Waals surface area contributed by atoms with Gasteiger partial charge in [0, 0.05) is 17.8 Å². The van der Waals surface area contributed by atoms with Crippen LogP contribution in [0.3, 0.4) is 0 Å². The van der Waals surface area contributed by atoms with Crippen molar-refractivity contribution in [2.75, 3.05) is 11.9 Å². The smallest absolute Gasteiger partial charge is 0.360 e. The Bertz CT molecular complexity index is 777. The molecular weight excluding hydrogens is 270 g/mol. The molecule has 0 amide bonds. The fraction of sp³-hybridized carbons (Fsp3) is 0.133. The highest BCUT2D eigenvalue weighted by molar-refractivity contribution is 5.94. The lowest BCUT2D eigenvalue weighted by atomic mass is 10.1. The van der Waals surface area contributed by atoms with Crippen molar-refractivity contribution < 1.29 is 13.9 Å². The van der Waals surface area contributed by atoms with Gasteiger partial charge < -0.3 is 14.5 Å². The van der Waals surface area contributed by atoms with E-state index in [2.05, 4.69) is 15.3 Å². The summed E-state index contributed by atoms with van der Waals surface area (Å²) >= 11 is 0. The molecule has 106 valence electrons. The van der Waals surface area contributed by atoms with E-state index in [-0.39, 0.29) is 11.7 Å². The fourth-order valence-corrected chi connectivity index (χ4v) is 1.97. The number of esters is 1. The zero-order chi connectivity index (χ0) is 14.7. The zero-order valence-electron chi connectivity index (χ0n) is 11.4. The van der Waals surface area contributed by atoms with Crippen molar-refractivity contribution in [3.05, 3.63) is 48.6 Å². The molecule has 0 saturated heterocycles. The van der Waals surface area contributed by atoms with Crippen LogP contribution in [0, 0.1) is 0 Å². The van der Waals surface area contributed by atoms with Crippen LogP contribution in [0.25, 0.3) is 10.8 Å². The molecule has 6 heteroatoms. The van der Waals surface area contributed by atoms with Crippen LogP contribution in [0.1, 0.15) is 17.4 Å². The Labute approximate surface area is 120 Å². The summed E-state index contributed by atoms with van der Waals surface area (Å²) in [6.45, 7) is 2.03. The van der Waals surface area contributed by atoms with Gasteiger partial charge in [0.15, 0.2) is 5.69 Å². The molecule has 0 aliphatic heterocycles. The number of anilines is 2. The Hall–Kier alpha value is -2.89. The predicted molar refractivity (Wildman–Crippen MR) is 77.5 cm³/mol. The number of hydrogen-bond donors (Lipinski definition) is 1. The summed E-state index contributed by atoms with van der Waals surface area (Å²) in [6.07, 6.45) is 4.76. The molecule has 3 aromatic rings. The molecule has 6 nitrogen and oxygen atoms in total. The lowest BCUT2D eigenvalue weighted by Gasteiger charge is -2.05. The number of aromatic nitrogens is 2. The van der Waals surface area contributed by atoms with Crippen LogP contribution in [-0.4, -0.2) is 22.5 Å². The second-order valence-electron chi connectivity index (χ2n) is 4.29. The first-order valence-corrected chi connectivity index (χ1v) is 6.50. The summed E-state index contributed by atoms with van der Waals surface area (Å²) in [4.78, 5) is 19.7. The van der Waals surface area contributed by atoms with E-state index in [1.54, 1.807) is 19.3 Å². The highest BCUT2D eigenvalue weighted by Gasteiger charge is 2.13. The minimum Gasteiger partial charge on any atom is -0.461 e. The first-order chi connectivity index (χ1) is 10.3. The van der Waals surface area contributed by atoms with Crippen molar-refractivity contribution in [3.8, 4) is 0 Å². The number of oxazole rings is 1. The molecule has 3 rings (SSSR count). The number of carbonyl (C=O) groups is 1. The van der Waals surface area contributed by atoms with Gasteiger partial charge in [-0.15, -0.1) is 0 Å². The number of nitrogens with zero attached hydrogens (tertiary/aromatic N) is 2. The molecule has 0 aliphatic rings. The summed E-state index contributed by atoms with van der Waals surface area (Å²) in [5, 5.41) is 5.03. The fourth-order valence-electron chi connectivity index (χ4n) is 1.97. The number of benzene rings is 1. The second kappa shape index (κ2) is 5.62.